The third-order valence-corrected chi connectivity index (χ3v) is 2.55. The summed E-state index contributed by atoms with van der Waals surface area (Å²) in [5.74, 6) is 5.71. The van der Waals surface area contributed by atoms with E-state index >= 15 is 0 Å². The van der Waals surface area contributed by atoms with E-state index in [2.05, 4.69) is 22.3 Å². The van der Waals surface area contributed by atoms with Gasteiger partial charge in [-0.15, -0.1) is 0 Å². The number of aromatic nitrogens is 1. The fourth-order valence-electron chi connectivity index (χ4n) is 1.65. The quantitative estimate of drug-likeness (QED) is 0.823. The molecular formula is C15H14N2O3. The molecule has 2 aromatic rings. The second-order valence-corrected chi connectivity index (χ2v) is 4.17. The number of carbonyl (C=O) groups is 1. The normalized spacial score (nSPS) is 9.70. The van der Waals surface area contributed by atoms with Crippen LogP contribution >= 0.6 is 0 Å². The van der Waals surface area contributed by atoms with Crippen LogP contribution in [0.5, 0.6) is 0 Å². The zero-order valence-electron chi connectivity index (χ0n) is 11.0. The number of nitrogens with one attached hydrogen (secondary N) is 1. The van der Waals surface area contributed by atoms with Gasteiger partial charge in [0.1, 0.15) is 12.4 Å². The van der Waals surface area contributed by atoms with Gasteiger partial charge in [0.05, 0.1) is 0 Å². The van der Waals surface area contributed by atoms with Crippen molar-refractivity contribution in [3.8, 4) is 11.8 Å². The fourth-order valence-corrected chi connectivity index (χ4v) is 1.65. The molecule has 0 fully saturated rings. The van der Waals surface area contributed by atoms with Gasteiger partial charge >= 0.3 is 0 Å². The zero-order valence-corrected chi connectivity index (χ0v) is 11.0. The van der Waals surface area contributed by atoms with E-state index in [0.29, 0.717) is 12.3 Å². The molecule has 0 unspecified atom stereocenters. The first-order valence-corrected chi connectivity index (χ1v) is 6.09. The van der Waals surface area contributed by atoms with Crippen LogP contribution in [0, 0.1) is 18.8 Å². The molecular weight excluding hydrogens is 256 g/mol. The number of amides is 1. The van der Waals surface area contributed by atoms with Gasteiger partial charge in [0, 0.05) is 18.2 Å². The van der Waals surface area contributed by atoms with E-state index in [1.165, 1.54) is 0 Å². The van der Waals surface area contributed by atoms with Crippen molar-refractivity contribution >= 4 is 5.91 Å². The Bertz CT molecular complexity index is 665. The minimum atomic E-state index is -0.284. The van der Waals surface area contributed by atoms with Crippen LogP contribution in [-0.4, -0.2) is 22.8 Å². The molecule has 0 aliphatic carbocycles. The molecule has 1 heterocycles. The smallest absolute Gasteiger partial charge is 0.273 e. The molecule has 0 aliphatic heterocycles. The highest BCUT2D eigenvalue weighted by molar-refractivity contribution is 5.92. The highest BCUT2D eigenvalue weighted by atomic mass is 16.5. The summed E-state index contributed by atoms with van der Waals surface area (Å²) < 4.78 is 4.85. The van der Waals surface area contributed by atoms with Gasteiger partial charge in [0.15, 0.2) is 5.69 Å². The standard InChI is InChI=1S/C15H14N2O3/c1-11-8-14(17-20-11)15(19)16-10-13-5-2-4-12(9-13)6-3-7-18/h2,4-5,8-9,18H,7,10H2,1H3,(H,16,19). The summed E-state index contributed by atoms with van der Waals surface area (Å²) in [4.78, 5) is 11.8. The number of aliphatic hydroxyl groups excluding tert-OH is 1. The van der Waals surface area contributed by atoms with Crippen molar-refractivity contribution in [2.45, 2.75) is 13.5 Å². The molecule has 102 valence electrons. The molecule has 5 heteroatoms. The minimum Gasteiger partial charge on any atom is -0.384 e. The van der Waals surface area contributed by atoms with E-state index in [9.17, 15) is 4.79 Å². The van der Waals surface area contributed by atoms with E-state index < -0.39 is 0 Å². The molecule has 0 saturated carbocycles. The van der Waals surface area contributed by atoms with Crippen LogP contribution in [0.25, 0.3) is 0 Å². The molecule has 2 N–H and O–H groups in total. The van der Waals surface area contributed by atoms with Crippen molar-refractivity contribution in [1.82, 2.24) is 10.5 Å². The van der Waals surface area contributed by atoms with Crippen LogP contribution in [-0.2, 0) is 6.54 Å². The van der Waals surface area contributed by atoms with Crippen LogP contribution in [0.3, 0.4) is 0 Å². The van der Waals surface area contributed by atoms with Crippen molar-refractivity contribution < 1.29 is 14.4 Å². The van der Waals surface area contributed by atoms with Gasteiger partial charge in [0.2, 0.25) is 0 Å². The van der Waals surface area contributed by atoms with E-state index in [1.54, 1.807) is 13.0 Å². The Hall–Kier alpha value is -2.58. The summed E-state index contributed by atoms with van der Waals surface area (Å²) in [5.41, 5.74) is 1.98. The molecule has 0 atom stereocenters. The van der Waals surface area contributed by atoms with Crippen LogP contribution in [0.4, 0.5) is 0 Å². The second kappa shape index (κ2) is 6.55. The zero-order chi connectivity index (χ0) is 14.4. The first kappa shape index (κ1) is 13.8. The largest absolute Gasteiger partial charge is 0.384 e. The third-order valence-electron chi connectivity index (χ3n) is 2.55. The minimum absolute atomic E-state index is 0.174. The molecule has 2 rings (SSSR count). The van der Waals surface area contributed by atoms with Crippen molar-refractivity contribution in [1.29, 1.82) is 0 Å². The van der Waals surface area contributed by atoms with E-state index in [1.807, 2.05) is 24.3 Å². The van der Waals surface area contributed by atoms with E-state index in [4.69, 9.17) is 9.63 Å². The summed E-state index contributed by atoms with van der Waals surface area (Å²) in [6.07, 6.45) is 0. The van der Waals surface area contributed by atoms with Crippen LogP contribution < -0.4 is 5.32 Å². The SMILES string of the molecule is Cc1cc(C(=O)NCc2cccc(C#CCO)c2)no1. The maximum Gasteiger partial charge on any atom is 0.273 e. The Morgan fingerprint density at radius 1 is 1.45 bits per heavy atom. The van der Waals surface area contributed by atoms with E-state index in [-0.39, 0.29) is 18.2 Å². The van der Waals surface area contributed by atoms with Gasteiger partial charge in [-0.2, -0.15) is 0 Å². The topological polar surface area (TPSA) is 75.4 Å². The lowest BCUT2D eigenvalue weighted by Gasteiger charge is -2.03. The maximum absolute atomic E-state index is 11.8. The average molecular weight is 270 g/mol. The summed E-state index contributed by atoms with van der Waals surface area (Å²) in [7, 11) is 0. The van der Waals surface area contributed by atoms with Gasteiger partial charge in [-0.05, 0) is 24.6 Å². The number of benzene rings is 1. The summed E-state index contributed by atoms with van der Waals surface area (Å²) in [6, 6.07) is 9.02. The molecule has 0 radical (unpaired) electrons. The van der Waals surface area contributed by atoms with Crippen molar-refractivity contribution in [2.75, 3.05) is 6.61 Å². The Morgan fingerprint density at radius 3 is 3.00 bits per heavy atom. The maximum atomic E-state index is 11.8. The first-order chi connectivity index (χ1) is 9.69. The molecule has 0 aliphatic rings. The van der Waals surface area contributed by atoms with E-state index in [0.717, 1.165) is 11.1 Å². The number of carbonyl (C=O) groups excluding carboxylic acids is 1. The number of hydrogen-bond donors (Lipinski definition) is 2. The van der Waals surface area contributed by atoms with Gasteiger partial charge in [-0.1, -0.05) is 29.1 Å². The lowest BCUT2D eigenvalue weighted by Crippen LogP contribution is -2.23. The Labute approximate surface area is 116 Å². The lowest BCUT2D eigenvalue weighted by molar-refractivity contribution is 0.0942. The fraction of sp³-hybridized carbons (Fsp3) is 0.200. The van der Waals surface area contributed by atoms with Crippen molar-refractivity contribution in [3.05, 3.63) is 52.9 Å². The Kier molecular flexibility index (Phi) is 4.53. The Morgan fingerprint density at radius 2 is 2.30 bits per heavy atom. The Balaban J connectivity index is 1.98. The van der Waals surface area contributed by atoms with Gasteiger partial charge in [-0.25, -0.2) is 0 Å². The summed E-state index contributed by atoms with van der Waals surface area (Å²) in [6.45, 7) is 1.93. The molecule has 1 aromatic heterocycles. The molecule has 0 bridgehead atoms. The van der Waals surface area contributed by atoms with Gasteiger partial charge in [-0.3, -0.25) is 4.79 Å². The number of aryl methyl sites for hydroxylation is 1. The van der Waals surface area contributed by atoms with Crippen LogP contribution in [0.15, 0.2) is 34.9 Å². The highest BCUT2D eigenvalue weighted by Gasteiger charge is 2.10. The predicted octanol–water partition coefficient (Wildman–Crippen LogP) is 1.26. The van der Waals surface area contributed by atoms with Crippen molar-refractivity contribution in [2.24, 2.45) is 0 Å². The highest BCUT2D eigenvalue weighted by Crippen LogP contribution is 2.05. The predicted molar refractivity (Wildman–Crippen MR) is 72.8 cm³/mol. The molecule has 0 saturated heterocycles. The second-order valence-electron chi connectivity index (χ2n) is 4.17. The number of aliphatic hydroxyl groups is 1. The average Bonchev–Trinajstić information content (AvgIpc) is 2.90. The molecule has 1 amide bonds. The molecule has 0 spiro atoms. The van der Waals surface area contributed by atoms with Gasteiger partial charge in [0.25, 0.3) is 5.91 Å². The summed E-state index contributed by atoms with van der Waals surface area (Å²) >= 11 is 0. The van der Waals surface area contributed by atoms with Crippen LogP contribution in [0.1, 0.15) is 27.4 Å². The molecule has 5 nitrogen and oxygen atoms in total. The van der Waals surface area contributed by atoms with Crippen molar-refractivity contribution in [3.63, 3.8) is 0 Å². The summed E-state index contributed by atoms with van der Waals surface area (Å²) in [5, 5.41) is 15.1. The monoisotopic (exact) mass is 270 g/mol. The van der Waals surface area contributed by atoms with Crippen LogP contribution in [0.2, 0.25) is 0 Å². The number of rotatable bonds is 3. The first-order valence-electron chi connectivity index (χ1n) is 6.09. The molecule has 20 heavy (non-hydrogen) atoms. The third kappa shape index (κ3) is 3.70. The molecule has 1 aromatic carbocycles. The number of hydrogen-bond acceptors (Lipinski definition) is 4. The van der Waals surface area contributed by atoms with Gasteiger partial charge < -0.3 is 14.9 Å². The lowest BCUT2D eigenvalue weighted by atomic mass is 10.1. The number of nitrogens with zero attached hydrogens (tertiary/aromatic N) is 1.